The van der Waals surface area contributed by atoms with Crippen molar-refractivity contribution in [2.75, 3.05) is 40.7 Å². The van der Waals surface area contributed by atoms with Gasteiger partial charge in [-0.05, 0) is 55.5 Å². The molecule has 2 heterocycles. The normalized spacial score (nSPS) is 14.4. The minimum Gasteiger partial charge on any atom is -0.368 e. The second kappa shape index (κ2) is 8.90. The Hall–Kier alpha value is -3.72. The Morgan fingerprint density at radius 1 is 0.794 bits per heavy atom. The number of aromatic nitrogens is 2. The van der Waals surface area contributed by atoms with Crippen LogP contribution in [0, 0.1) is 12.7 Å². The molecule has 9 heteroatoms. The molecule has 0 atom stereocenters. The highest BCUT2D eigenvalue weighted by Gasteiger charge is 2.25. The molecule has 0 aliphatic carbocycles. The first-order valence-corrected chi connectivity index (χ1v) is 12.5. The fraction of sp³-hybridized carbons (Fsp3) is 0.200. The Labute approximate surface area is 197 Å². The molecule has 34 heavy (non-hydrogen) atoms. The van der Waals surface area contributed by atoms with Crippen LogP contribution in [0.5, 0.6) is 0 Å². The van der Waals surface area contributed by atoms with Crippen molar-refractivity contribution in [1.29, 1.82) is 0 Å². The predicted molar refractivity (Wildman–Crippen MR) is 132 cm³/mol. The largest absolute Gasteiger partial charge is 0.368 e. The maximum absolute atomic E-state index is 13.3. The molecule has 0 amide bonds. The van der Waals surface area contributed by atoms with E-state index in [9.17, 15) is 12.8 Å². The molecule has 0 spiro atoms. The van der Waals surface area contributed by atoms with E-state index in [0.717, 1.165) is 11.3 Å². The molecule has 1 N–H and O–H groups in total. The fourth-order valence-electron chi connectivity index (χ4n) is 4.01. The molecule has 1 aliphatic rings. The highest BCUT2D eigenvalue weighted by molar-refractivity contribution is 7.92. The van der Waals surface area contributed by atoms with Crippen molar-refractivity contribution in [2.24, 2.45) is 0 Å². The molecule has 0 bridgehead atoms. The second-order valence-corrected chi connectivity index (χ2v) is 9.94. The van der Waals surface area contributed by atoms with Crippen molar-refractivity contribution >= 4 is 38.4 Å². The maximum atomic E-state index is 13.3. The van der Waals surface area contributed by atoms with E-state index >= 15 is 0 Å². The van der Waals surface area contributed by atoms with Crippen LogP contribution in [0.2, 0.25) is 0 Å². The van der Waals surface area contributed by atoms with Crippen LogP contribution in [0.25, 0.3) is 11.0 Å². The first-order chi connectivity index (χ1) is 16.4. The number of sulfonamides is 1. The van der Waals surface area contributed by atoms with E-state index in [0.29, 0.717) is 43.0 Å². The van der Waals surface area contributed by atoms with Crippen LogP contribution in [-0.2, 0) is 10.0 Å². The third kappa shape index (κ3) is 4.51. The van der Waals surface area contributed by atoms with Crippen molar-refractivity contribution < 1.29 is 12.8 Å². The lowest BCUT2D eigenvalue weighted by Gasteiger charge is -2.37. The summed E-state index contributed by atoms with van der Waals surface area (Å²) in [5.41, 5.74) is 3.23. The summed E-state index contributed by atoms with van der Waals surface area (Å²) in [7, 11) is -3.84. The maximum Gasteiger partial charge on any atom is 0.263 e. The van der Waals surface area contributed by atoms with Crippen molar-refractivity contribution in [3.63, 3.8) is 0 Å². The summed E-state index contributed by atoms with van der Waals surface area (Å²) in [4.78, 5) is 13.8. The van der Waals surface area contributed by atoms with E-state index < -0.39 is 10.0 Å². The fourth-order valence-corrected chi connectivity index (χ4v) is 5.02. The molecule has 1 saturated heterocycles. The molecule has 1 fully saturated rings. The van der Waals surface area contributed by atoms with Gasteiger partial charge in [0.15, 0.2) is 11.6 Å². The van der Waals surface area contributed by atoms with E-state index in [-0.39, 0.29) is 16.5 Å². The lowest BCUT2D eigenvalue weighted by atomic mass is 10.2. The van der Waals surface area contributed by atoms with Gasteiger partial charge in [-0.3, -0.25) is 4.72 Å². The van der Waals surface area contributed by atoms with E-state index in [1.54, 1.807) is 36.4 Å². The quantitative estimate of drug-likeness (QED) is 0.464. The molecule has 7 nitrogen and oxygen atoms in total. The van der Waals surface area contributed by atoms with E-state index in [1.165, 1.54) is 12.1 Å². The van der Waals surface area contributed by atoms with E-state index in [4.69, 9.17) is 4.98 Å². The summed E-state index contributed by atoms with van der Waals surface area (Å²) < 4.78 is 42.2. The van der Waals surface area contributed by atoms with Gasteiger partial charge >= 0.3 is 0 Å². The van der Waals surface area contributed by atoms with Crippen LogP contribution in [0.15, 0.2) is 77.7 Å². The smallest absolute Gasteiger partial charge is 0.263 e. The Bertz CT molecular complexity index is 1420. The number of hydrogen-bond donors (Lipinski definition) is 1. The number of anilines is 3. The topological polar surface area (TPSA) is 78.4 Å². The minimum absolute atomic E-state index is 0.167. The molecular weight excluding hydrogens is 453 g/mol. The van der Waals surface area contributed by atoms with Crippen LogP contribution < -0.4 is 14.5 Å². The SMILES string of the molecule is Cc1ccc(S(=O)(=O)Nc2nc3ccccc3nc2N2CCN(c3ccc(F)cc3)CC2)cc1. The molecule has 5 rings (SSSR count). The highest BCUT2D eigenvalue weighted by Crippen LogP contribution is 2.29. The summed E-state index contributed by atoms with van der Waals surface area (Å²) in [5.74, 6) is 0.432. The molecule has 0 saturated carbocycles. The van der Waals surface area contributed by atoms with Crippen molar-refractivity contribution in [1.82, 2.24) is 9.97 Å². The third-order valence-corrected chi connectivity index (χ3v) is 7.24. The van der Waals surface area contributed by atoms with Gasteiger partial charge in [0.1, 0.15) is 5.82 Å². The number of fused-ring (bicyclic) bond motifs is 1. The number of benzene rings is 3. The molecule has 0 unspecified atom stereocenters. The van der Waals surface area contributed by atoms with Gasteiger partial charge in [-0.15, -0.1) is 0 Å². The minimum atomic E-state index is -3.84. The van der Waals surface area contributed by atoms with Gasteiger partial charge in [-0.1, -0.05) is 29.8 Å². The third-order valence-electron chi connectivity index (χ3n) is 5.89. The Kier molecular flexibility index (Phi) is 5.79. The van der Waals surface area contributed by atoms with Crippen LogP contribution >= 0.6 is 0 Å². The highest BCUT2D eigenvalue weighted by atomic mass is 32.2. The van der Waals surface area contributed by atoms with Gasteiger partial charge in [-0.25, -0.2) is 22.8 Å². The first-order valence-electron chi connectivity index (χ1n) is 11.0. The van der Waals surface area contributed by atoms with Gasteiger partial charge in [0, 0.05) is 31.9 Å². The lowest BCUT2D eigenvalue weighted by molar-refractivity contribution is 0.600. The van der Waals surface area contributed by atoms with Crippen LogP contribution in [0.4, 0.5) is 21.7 Å². The molecule has 4 aromatic rings. The number of aryl methyl sites for hydroxylation is 1. The van der Waals surface area contributed by atoms with Gasteiger partial charge < -0.3 is 9.80 Å². The van der Waals surface area contributed by atoms with Crippen molar-refractivity contribution in [2.45, 2.75) is 11.8 Å². The van der Waals surface area contributed by atoms with Crippen molar-refractivity contribution in [3.8, 4) is 0 Å². The number of nitrogens with zero attached hydrogens (tertiary/aromatic N) is 4. The monoisotopic (exact) mass is 477 g/mol. The molecule has 3 aromatic carbocycles. The molecular formula is C25H24FN5O2S. The van der Waals surface area contributed by atoms with Crippen molar-refractivity contribution in [3.05, 3.63) is 84.2 Å². The number of hydrogen-bond acceptors (Lipinski definition) is 6. The summed E-state index contributed by atoms with van der Waals surface area (Å²) in [5, 5.41) is 0. The number of piperazine rings is 1. The van der Waals surface area contributed by atoms with Crippen LogP contribution in [0.3, 0.4) is 0 Å². The Morgan fingerprint density at radius 3 is 2.03 bits per heavy atom. The summed E-state index contributed by atoms with van der Waals surface area (Å²) >= 11 is 0. The average Bonchev–Trinajstić information content (AvgIpc) is 2.84. The van der Waals surface area contributed by atoms with E-state index in [2.05, 4.69) is 14.6 Å². The Morgan fingerprint density at radius 2 is 1.38 bits per heavy atom. The van der Waals surface area contributed by atoms with Gasteiger partial charge in [-0.2, -0.15) is 0 Å². The summed E-state index contributed by atoms with van der Waals surface area (Å²) in [6.07, 6.45) is 0. The summed E-state index contributed by atoms with van der Waals surface area (Å²) in [6.45, 7) is 4.50. The number of halogens is 1. The Balaban J connectivity index is 1.45. The zero-order chi connectivity index (χ0) is 23.7. The summed E-state index contributed by atoms with van der Waals surface area (Å²) in [6, 6.07) is 20.5. The number of nitrogens with one attached hydrogen (secondary N) is 1. The lowest BCUT2D eigenvalue weighted by Crippen LogP contribution is -2.47. The zero-order valence-electron chi connectivity index (χ0n) is 18.6. The first kappa shape index (κ1) is 22.1. The zero-order valence-corrected chi connectivity index (χ0v) is 19.5. The van der Waals surface area contributed by atoms with Gasteiger partial charge in [0.25, 0.3) is 10.0 Å². The molecule has 1 aliphatic heterocycles. The molecule has 174 valence electrons. The number of para-hydroxylation sites is 2. The average molecular weight is 478 g/mol. The standard InChI is InChI=1S/C25H24FN5O2S/c1-18-6-12-21(13-7-18)34(32,33)29-24-25(28-23-5-3-2-4-22(23)27-24)31-16-14-30(15-17-31)20-10-8-19(26)9-11-20/h2-13H,14-17H2,1H3,(H,27,29). The molecule has 1 aromatic heterocycles. The molecule has 0 radical (unpaired) electrons. The van der Waals surface area contributed by atoms with Gasteiger partial charge in [0.05, 0.1) is 15.9 Å². The van der Waals surface area contributed by atoms with Crippen LogP contribution in [0.1, 0.15) is 5.56 Å². The number of rotatable bonds is 5. The van der Waals surface area contributed by atoms with Crippen LogP contribution in [-0.4, -0.2) is 44.6 Å². The van der Waals surface area contributed by atoms with E-state index in [1.807, 2.05) is 36.1 Å². The second-order valence-electron chi connectivity index (χ2n) is 8.25. The predicted octanol–water partition coefficient (Wildman–Crippen LogP) is 4.20. The van der Waals surface area contributed by atoms with Gasteiger partial charge in [0.2, 0.25) is 0 Å².